The summed E-state index contributed by atoms with van der Waals surface area (Å²) < 4.78 is 1.69. The highest BCUT2D eigenvalue weighted by Gasteiger charge is 2.43. The molecule has 1 aliphatic heterocycles. The molecule has 3 heterocycles. The SMILES string of the molecule is Cl.Cn1c(N2CCC3(CCC[C@H]3N)CC2)ncc(Sc2ccc3[nH]ncc3c2)c1=O. The largest absolute Gasteiger partial charge is 0.342 e. The molecule has 1 spiro atoms. The molecule has 160 valence electrons. The fraction of sp³-hybridized carbons (Fsp3) is 0.476. The van der Waals surface area contributed by atoms with Gasteiger partial charge in [0.15, 0.2) is 0 Å². The van der Waals surface area contributed by atoms with Crippen molar-refractivity contribution in [3.63, 3.8) is 0 Å². The van der Waals surface area contributed by atoms with E-state index in [0.29, 0.717) is 16.4 Å². The average Bonchev–Trinajstić information content (AvgIpc) is 3.33. The number of nitrogens with two attached hydrogens (primary N) is 1. The molecule has 3 N–H and O–H groups in total. The van der Waals surface area contributed by atoms with E-state index in [-0.39, 0.29) is 18.0 Å². The van der Waals surface area contributed by atoms with E-state index in [2.05, 4.69) is 20.1 Å². The Kier molecular flexibility index (Phi) is 5.83. The molecule has 0 bridgehead atoms. The van der Waals surface area contributed by atoms with Crippen LogP contribution in [0.1, 0.15) is 32.1 Å². The lowest BCUT2D eigenvalue weighted by Crippen LogP contribution is -2.48. The van der Waals surface area contributed by atoms with E-state index in [1.54, 1.807) is 17.0 Å². The van der Waals surface area contributed by atoms with Gasteiger partial charge in [0, 0.05) is 36.5 Å². The van der Waals surface area contributed by atoms with Gasteiger partial charge in [-0.1, -0.05) is 18.2 Å². The van der Waals surface area contributed by atoms with Crippen molar-refractivity contribution in [1.82, 2.24) is 19.7 Å². The Hall–Kier alpha value is -2.03. The third-order valence-electron chi connectivity index (χ3n) is 6.77. The lowest BCUT2D eigenvalue weighted by molar-refractivity contribution is 0.196. The Morgan fingerprint density at radius 3 is 2.77 bits per heavy atom. The van der Waals surface area contributed by atoms with Crippen molar-refractivity contribution in [2.24, 2.45) is 18.2 Å². The normalized spacial score (nSPS) is 20.6. The van der Waals surface area contributed by atoms with E-state index in [1.807, 2.05) is 25.2 Å². The molecule has 2 fully saturated rings. The van der Waals surface area contributed by atoms with Crippen LogP contribution in [-0.4, -0.2) is 38.9 Å². The summed E-state index contributed by atoms with van der Waals surface area (Å²) >= 11 is 1.44. The Bertz CT molecular complexity index is 1100. The highest BCUT2D eigenvalue weighted by atomic mass is 35.5. The summed E-state index contributed by atoms with van der Waals surface area (Å²) in [5.41, 5.74) is 7.69. The predicted molar refractivity (Wildman–Crippen MR) is 123 cm³/mol. The molecule has 5 rings (SSSR count). The van der Waals surface area contributed by atoms with Gasteiger partial charge in [-0.2, -0.15) is 5.10 Å². The van der Waals surface area contributed by atoms with Gasteiger partial charge in [0.25, 0.3) is 5.56 Å². The number of aromatic nitrogens is 4. The van der Waals surface area contributed by atoms with Crippen LogP contribution < -0.4 is 16.2 Å². The standard InChI is InChI=1S/C21H26N6OS.ClH/c1-26-19(28)17(29-15-4-5-16-14(11-15)12-24-25-16)13-23-20(26)27-9-7-21(8-10-27)6-2-3-18(21)22;/h4-5,11-13,18H,2-3,6-10,22H2,1H3,(H,24,25);1H/t18-;/m1./s1. The summed E-state index contributed by atoms with van der Waals surface area (Å²) in [6.45, 7) is 1.83. The van der Waals surface area contributed by atoms with Crippen molar-refractivity contribution in [3.8, 4) is 0 Å². The van der Waals surface area contributed by atoms with Gasteiger partial charge >= 0.3 is 0 Å². The summed E-state index contributed by atoms with van der Waals surface area (Å²) in [7, 11) is 1.82. The van der Waals surface area contributed by atoms with Crippen LogP contribution in [0.2, 0.25) is 0 Å². The minimum absolute atomic E-state index is 0. The van der Waals surface area contributed by atoms with Crippen molar-refractivity contribution < 1.29 is 0 Å². The second-order valence-electron chi connectivity index (χ2n) is 8.36. The van der Waals surface area contributed by atoms with Gasteiger partial charge < -0.3 is 10.6 Å². The van der Waals surface area contributed by atoms with Crippen molar-refractivity contribution in [1.29, 1.82) is 0 Å². The summed E-state index contributed by atoms with van der Waals surface area (Å²) in [6.07, 6.45) is 9.31. The second-order valence-corrected chi connectivity index (χ2v) is 9.47. The Morgan fingerprint density at radius 1 is 1.23 bits per heavy atom. The molecular weight excluding hydrogens is 420 g/mol. The molecular formula is C21H27ClN6OS. The van der Waals surface area contributed by atoms with Crippen LogP contribution in [0.3, 0.4) is 0 Å². The molecule has 0 amide bonds. The molecule has 7 nitrogen and oxygen atoms in total. The van der Waals surface area contributed by atoms with Gasteiger partial charge in [-0.3, -0.25) is 14.5 Å². The molecule has 2 aliphatic rings. The van der Waals surface area contributed by atoms with Gasteiger partial charge in [0.05, 0.1) is 22.8 Å². The molecule has 0 unspecified atom stereocenters. The molecule has 1 saturated carbocycles. The topological polar surface area (TPSA) is 92.8 Å². The fourth-order valence-electron chi connectivity index (χ4n) is 4.93. The number of anilines is 1. The first-order valence-electron chi connectivity index (χ1n) is 10.2. The van der Waals surface area contributed by atoms with E-state index >= 15 is 0 Å². The number of hydrogen-bond donors (Lipinski definition) is 2. The number of hydrogen-bond acceptors (Lipinski definition) is 6. The first kappa shape index (κ1) is 21.2. The molecule has 9 heteroatoms. The van der Waals surface area contributed by atoms with Gasteiger partial charge in [-0.15, -0.1) is 12.4 Å². The summed E-state index contributed by atoms with van der Waals surface area (Å²) in [5.74, 6) is 0.756. The third-order valence-corrected chi connectivity index (χ3v) is 7.76. The maximum absolute atomic E-state index is 13.0. The molecule has 1 aromatic carbocycles. The van der Waals surface area contributed by atoms with E-state index in [9.17, 15) is 4.79 Å². The van der Waals surface area contributed by atoms with Crippen LogP contribution in [0.5, 0.6) is 0 Å². The zero-order valence-electron chi connectivity index (χ0n) is 17.0. The third kappa shape index (κ3) is 3.61. The van der Waals surface area contributed by atoms with Crippen LogP contribution >= 0.6 is 24.2 Å². The molecule has 0 radical (unpaired) electrons. The Balaban J connectivity index is 0.00000218. The lowest BCUT2D eigenvalue weighted by Gasteiger charge is -2.42. The van der Waals surface area contributed by atoms with E-state index < -0.39 is 0 Å². The summed E-state index contributed by atoms with van der Waals surface area (Å²) in [4.78, 5) is 21.5. The van der Waals surface area contributed by atoms with Crippen molar-refractivity contribution in [3.05, 3.63) is 40.9 Å². The molecule has 1 saturated heterocycles. The van der Waals surface area contributed by atoms with Crippen LogP contribution in [0.4, 0.5) is 5.95 Å². The monoisotopic (exact) mass is 446 g/mol. The number of halogens is 1. The summed E-state index contributed by atoms with van der Waals surface area (Å²) in [6, 6.07) is 6.33. The second kappa shape index (κ2) is 8.24. The van der Waals surface area contributed by atoms with Crippen LogP contribution in [-0.2, 0) is 7.05 Å². The maximum Gasteiger partial charge on any atom is 0.268 e. The fourth-order valence-corrected chi connectivity index (χ4v) is 5.83. The zero-order valence-corrected chi connectivity index (χ0v) is 18.6. The molecule has 1 atom stereocenters. The highest BCUT2D eigenvalue weighted by Crippen LogP contribution is 2.45. The first-order valence-corrected chi connectivity index (χ1v) is 11.0. The van der Waals surface area contributed by atoms with Crippen molar-refractivity contribution in [2.45, 2.75) is 47.9 Å². The Labute approximate surface area is 185 Å². The number of H-pyrrole nitrogens is 1. The van der Waals surface area contributed by atoms with E-state index in [4.69, 9.17) is 5.73 Å². The van der Waals surface area contributed by atoms with Gasteiger partial charge in [-0.05, 0) is 49.3 Å². The van der Waals surface area contributed by atoms with Gasteiger partial charge in [0.2, 0.25) is 5.95 Å². The van der Waals surface area contributed by atoms with Crippen molar-refractivity contribution >= 4 is 41.0 Å². The first-order chi connectivity index (χ1) is 14.1. The van der Waals surface area contributed by atoms with Crippen LogP contribution in [0.25, 0.3) is 10.9 Å². The lowest BCUT2D eigenvalue weighted by atomic mass is 9.74. The van der Waals surface area contributed by atoms with Crippen LogP contribution in [0, 0.1) is 5.41 Å². The molecule has 3 aromatic rings. The van der Waals surface area contributed by atoms with Gasteiger partial charge in [0.1, 0.15) is 0 Å². The average molecular weight is 447 g/mol. The molecule has 2 aromatic heterocycles. The van der Waals surface area contributed by atoms with E-state index in [1.165, 1.54) is 24.6 Å². The highest BCUT2D eigenvalue weighted by molar-refractivity contribution is 7.99. The summed E-state index contributed by atoms with van der Waals surface area (Å²) in [5, 5.41) is 8.03. The number of fused-ring (bicyclic) bond motifs is 1. The minimum atomic E-state index is -0.00912. The quantitative estimate of drug-likeness (QED) is 0.641. The van der Waals surface area contributed by atoms with Crippen LogP contribution in [0.15, 0.2) is 45.2 Å². The van der Waals surface area contributed by atoms with E-state index in [0.717, 1.165) is 54.1 Å². The molecule has 30 heavy (non-hydrogen) atoms. The molecule has 1 aliphatic carbocycles. The number of piperidine rings is 1. The number of rotatable bonds is 3. The number of benzene rings is 1. The van der Waals surface area contributed by atoms with Gasteiger partial charge in [-0.25, -0.2) is 4.98 Å². The number of aromatic amines is 1. The predicted octanol–water partition coefficient (Wildman–Crippen LogP) is 3.33. The minimum Gasteiger partial charge on any atom is -0.342 e. The smallest absolute Gasteiger partial charge is 0.268 e. The maximum atomic E-state index is 13.0. The number of nitrogens with zero attached hydrogens (tertiary/aromatic N) is 4. The zero-order chi connectivity index (χ0) is 20.0. The number of nitrogens with one attached hydrogen (secondary N) is 1. The van der Waals surface area contributed by atoms with Crippen molar-refractivity contribution in [2.75, 3.05) is 18.0 Å². The Morgan fingerprint density at radius 2 is 2.03 bits per heavy atom.